The summed E-state index contributed by atoms with van der Waals surface area (Å²) < 4.78 is 10.5. The van der Waals surface area contributed by atoms with Gasteiger partial charge in [0.05, 0.1) is 6.61 Å². The van der Waals surface area contributed by atoms with Gasteiger partial charge < -0.3 is 14.6 Å². The number of carbonyl (C=O) groups excluding carboxylic acids is 2. The summed E-state index contributed by atoms with van der Waals surface area (Å²) in [5, 5.41) is 9.49. The Morgan fingerprint density at radius 1 is 0.590 bits per heavy atom. The Morgan fingerprint density at radius 2 is 1.00 bits per heavy atom. The van der Waals surface area contributed by atoms with Crippen molar-refractivity contribution >= 4 is 11.9 Å². The standard InChI is InChI=1S/C34H66O5/c1-4-6-7-8-9-10-11-15-18-21-24-27-33(36)38-30-32(29-35)39-34(37)28-25-22-19-16-13-12-14-17-20-23-26-31(3)5-2/h31-32,35H,4-30H2,1-3H3/t31?,32-/m0/s1. The van der Waals surface area contributed by atoms with Gasteiger partial charge in [-0.2, -0.15) is 0 Å². The minimum absolute atomic E-state index is 0.0588. The first-order valence-corrected chi connectivity index (χ1v) is 17.0. The topological polar surface area (TPSA) is 72.8 Å². The molecule has 0 bridgehead atoms. The molecule has 0 saturated heterocycles. The summed E-state index contributed by atoms with van der Waals surface area (Å²) in [4.78, 5) is 24.1. The molecule has 0 spiro atoms. The number of rotatable bonds is 30. The van der Waals surface area contributed by atoms with Crippen molar-refractivity contribution in [2.24, 2.45) is 5.92 Å². The third-order valence-electron chi connectivity index (χ3n) is 7.94. The largest absolute Gasteiger partial charge is 0.462 e. The molecule has 1 N–H and O–H groups in total. The zero-order valence-electron chi connectivity index (χ0n) is 26.3. The van der Waals surface area contributed by atoms with Gasteiger partial charge >= 0.3 is 11.9 Å². The van der Waals surface area contributed by atoms with Crippen LogP contribution in [0.15, 0.2) is 0 Å². The Morgan fingerprint density at radius 3 is 1.44 bits per heavy atom. The Labute approximate surface area is 242 Å². The molecule has 0 aliphatic rings. The summed E-state index contributed by atoms with van der Waals surface area (Å²) in [5.74, 6) is 0.294. The van der Waals surface area contributed by atoms with Gasteiger partial charge in [0.2, 0.25) is 0 Å². The van der Waals surface area contributed by atoms with E-state index in [1.54, 1.807) is 0 Å². The summed E-state index contributed by atoms with van der Waals surface area (Å²) >= 11 is 0. The average molecular weight is 555 g/mol. The monoisotopic (exact) mass is 554 g/mol. The van der Waals surface area contributed by atoms with Crippen molar-refractivity contribution in [3.05, 3.63) is 0 Å². The molecule has 1 unspecified atom stereocenters. The van der Waals surface area contributed by atoms with Crippen molar-refractivity contribution in [1.82, 2.24) is 0 Å². The molecule has 0 aliphatic heterocycles. The van der Waals surface area contributed by atoms with E-state index in [-0.39, 0.29) is 25.2 Å². The maximum Gasteiger partial charge on any atom is 0.306 e. The first-order valence-electron chi connectivity index (χ1n) is 17.0. The van der Waals surface area contributed by atoms with Gasteiger partial charge in [0.25, 0.3) is 0 Å². The van der Waals surface area contributed by atoms with Crippen molar-refractivity contribution in [3.63, 3.8) is 0 Å². The second-order valence-corrected chi connectivity index (χ2v) is 11.9. The molecular weight excluding hydrogens is 488 g/mol. The van der Waals surface area contributed by atoms with E-state index in [2.05, 4.69) is 20.8 Å². The first kappa shape index (κ1) is 37.9. The third kappa shape index (κ3) is 28.2. The molecule has 5 heteroatoms. The van der Waals surface area contributed by atoms with Gasteiger partial charge in [0, 0.05) is 12.8 Å². The minimum atomic E-state index is -0.760. The Kier molecular flexibility index (Phi) is 29.0. The number of aliphatic hydroxyl groups excluding tert-OH is 1. The summed E-state index contributed by atoms with van der Waals surface area (Å²) in [6, 6.07) is 0. The van der Waals surface area contributed by atoms with Crippen molar-refractivity contribution in [3.8, 4) is 0 Å². The van der Waals surface area contributed by atoms with Crippen molar-refractivity contribution in [2.75, 3.05) is 13.2 Å². The van der Waals surface area contributed by atoms with Crippen LogP contribution in [0.3, 0.4) is 0 Å². The Balaban J connectivity index is 3.56. The van der Waals surface area contributed by atoms with Crippen LogP contribution in [0.25, 0.3) is 0 Å². The molecule has 0 aromatic carbocycles. The van der Waals surface area contributed by atoms with E-state index in [1.165, 1.54) is 109 Å². The smallest absolute Gasteiger partial charge is 0.306 e. The molecule has 0 radical (unpaired) electrons. The van der Waals surface area contributed by atoms with Crippen LogP contribution in [0.5, 0.6) is 0 Å². The third-order valence-corrected chi connectivity index (χ3v) is 7.94. The molecule has 0 fully saturated rings. The predicted molar refractivity (Wildman–Crippen MR) is 164 cm³/mol. The van der Waals surface area contributed by atoms with E-state index in [1.807, 2.05) is 0 Å². The van der Waals surface area contributed by atoms with Gasteiger partial charge in [0.15, 0.2) is 6.10 Å². The van der Waals surface area contributed by atoms with E-state index >= 15 is 0 Å². The van der Waals surface area contributed by atoms with Crippen molar-refractivity contribution in [2.45, 2.75) is 187 Å². The average Bonchev–Trinajstić information content (AvgIpc) is 2.94. The van der Waals surface area contributed by atoms with Gasteiger partial charge in [-0.3, -0.25) is 9.59 Å². The van der Waals surface area contributed by atoms with Crippen LogP contribution in [-0.2, 0) is 19.1 Å². The quantitative estimate of drug-likeness (QED) is 0.0706. The summed E-state index contributed by atoms with van der Waals surface area (Å²) in [5.41, 5.74) is 0. The molecule has 0 heterocycles. The number of hydrogen-bond acceptors (Lipinski definition) is 5. The number of ether oxygens (including phenoxy) is 2. The zero-order chi connectivity index (χ0) is 28.8. The zero-order valence-corrected chi connectivity index (χ0v) is 26.3. The summed E-state index contributed by atoms with van der Waals surface area (Å²) in [6.45, 7) is 6.49. The number of hydrogen-bond donors (Lipinski definition) is 1. The second-order valence-electron chi connectivity index (χ2n) is 11.9. The number of unbranched alkanes of at least 4 members (excludes halogenated alkanes) is 19. The molecule has 0 rings (SSSR count). The van der Waals surface area contributed by atoms with Crippen LogP contribution in [0.4, 0.5) is 0 Å². The van der Waals surface area contributed by atoms with E-state index in [0.29, 0.717) is 12.8 Å². The van der Waals surface area contributed by atoms with Gasteiger partial charge in [-0.25, -0.2) is 0 Å². The molecule has 0 amide bonds. The number of esters is 2. The van der Waals surface area contributed by atoms with Gasteiger partial charge in [-0.05, 0) is 18.8 Å². The number of carbonyl (C=O) groups is 2. The fourth-order valence-corrected chi connectivity index (χ4v) is 4.94. The SMILES string of the molecule is CCCCCCCCCCCCCC(=O)OC[C@H](CO)OC(=O)CCCCCCCCCCCCC(C)CC. The molecule has 0 aliphatic carbocycles. The van der Waals surface area contributed by atoms with Gasteiger partial charge in [-0.15, -0.1) is 0 Å². The summed E-state index contributed by atoms with van der Waals surface area (Å²) in [7, 11) is 0. The maximum absolute atomic E-state index is 12.1. The van der Waals surface area contributed by atoms with E-state index in [0.717, 1.165) is 44.4 Å². The fourth-order valence-electron chi connectivity index (χ4n) is 4.94. The van der Waals surface area contributed by atoms with E-state index in [9.17, 15) is 14.7 Å². The molecule has 0 saturated carbocycles. The van der Waals surface area contributed by atoms with Crippen LogP contribution in [-0.4, -0.2) is 36.4 Å². The highest BCUT2D eigenvalue weighted by molar-refractivity contribution is 5.70. The Hall–Kier alpha value is -1.10. The highest BCUT2D eigenvalue weighted by atomic mass is 16.6. The van der Waals surface area contributed by atoms with Gasteiger partial charge in [-0.1, -0.05) is 156 Å². The predicted octanol–water partition coefficient (Wildman–Crippen LogP) is 9.86. The number of aliphatic hydroxyl groups is 1. The van der Waals surface area contributed by atoms with Crippen LogP contribution in [0.1, 0.15) is 181 Å². The first-order chi connectivity index (χ1) is 19.0. The lowest BCUT2D eigenvalue weighted by Crippen LogP contribution is -2.28. The maximum atomic E-state index is 12.1. The lowest BCUT2D eigenvalue weighted by molar-refractivity contribution is -0.161. The summed E-state index contributed by atoms with van der Waals surface area (Å²) in [6.07, 6.45) is 28.6. The Bertz CT molecular complexity index is 536. The van der Waals surface area contributed by atoms with Crippen molar-refractivity contribution in [1.29, 1.82) is 0 Å². The molecule has 0 aromatic heterocycles. The lowest BCUT2D eigenvalue weighted by Gasteiger charge is -2.15. The van der Waals surface area contributed by atoms with Crippen molar-refractivity contribution < 1.29 is 24.2 Å². The van der Waals surface area contributed by atoms with Crippen LogP contribution >= 0.6 is 0 Å². The fraction of sp³-hybridized carbons (Fsp3) is 0.941. The molecule has 5 nitrogen and oxygen atoms in total. The highest BCUT2D eigenvalue weighted by Gasteiger charge is 2.16. The van der Waals surface area contributed by atoms with E-state index < -0.39 is 6.10 Å². The van der Waals surface area contributed by atoms with E-state index in [4.69, 9.17) is 9.47 Å². The normalized spacial score (nSPS) is 12.8. The second kappa shape index (κ2) is 29.9. The highest BCUT2D eigenvalue weighted by Crippen LogP contribution is 2.16. The molecule has 232 valence electrons. The van der Waals surface area contributed by atoms with Crippen LogP contribution in [0.2, 0.25) is 0 Å². The molecular formula is C34H66O5. The lowest BCUT2D eigenvalue weighted by atomic mass is 9.99. The molecule has 0 aromatic rings. The minimum Gasteiger partial charge on any atom is -0.462 e. The van der Waals surface area contributed by atoms with Gasteiger partial charge in [0.1, 0.15) is 6.61 Å². The van der Waals surface area contributed by atoms with Crippen LogP contribution < -0.4 is 0 Å². The van der Waals surface area contributed by atoms with Crippen LogP contribution in [0, 0.1) is 5.92 Å². The molecule has 39 heavy (non-hydrogen) atoms. The molecule has 2 atom stereocenters.